The molecule has 0 aromatic heterocycles. The van der Waals surface area contributed by atoms with Gasteiger partial charge in [-0.3, -0.25) is 4.90 Å². The molecule has 0 spiro atoms. The lowest BCUT2D eigenvalue weighted by molar-refractivity contribution is 0.182. The molecule has 4 nitrogen and oxygen atoms in total. The van der Waals surface area contributed by atoms with Gasteiger partial charge in [-0.25, -0.2) is 4.39 Å². The normalized spacial score (nSPS) is 18.1. The molecule has 1 aromatic carbocycles. The Morgan fingerprint density at radius 2 is 1.74 bits per heavy atom. The van der Waals surface area contributed by atoms with Gasteiger partial charge in [-0.15, -0.1) is 0 Å². The zero-order valence-corrected chi connectivity index (χ0v) is 11.7. The van der Waals surface area contributed by atoms with Gasteiger partial charge in [-0.1, -0.05) is 0 Å². The molecular formula is C14H21FN2O2. The van der Waals surface area contributed by atoms with Crippen LogP contribution in [0.5, 0.6) is 11.5 Å². The van der Waals surface area contributed by atoms with E-state index in [2.05, 4.69) is 10.2 Å². The van der Waals surface area contributed by atoms with Crippen LogP contribution in [0.25, 0.3) is 0 Å². The van der Waals surface area contributed by atoms with Crippen LogP contribution >= 0.6 is 0 Å². The number of nitrogens with zero attached hydrogens (tertiary/aromatic N) is 1. The Balaban J connectivity index is 2.27. The van der Waals surface area contributed by atoms with Crippen LogP contribution in [0.3, 0.4) is 0 Å². The van der Waals surface area contributed by atoms with Gasteiger partial charge in [0, 0.05) is 43.9 Å². The molecule has 0 radical (unpaired) electrons. The Morgan fingerprint density at radius 1 is 1.16 bits per heavy atom. The van der Waals surface area contributed by atoms with Gasteiger partial charge in [0.05, 0.1) is 14.2 Å². The largest absolute Gasteiger partial charge is 0.493 e. The summed E-state index contributed by atoms with van der Waals surface area (Å²) in [7, 11) is 3.08. The van der Waals surface area contributed by atoms with Crippen molar-refractivity contribution in [2.75, 3.05) is 40.4 Å². The molecule has 1 atom stereocenters. The van der Waals surface area contributed by atoms with Gasteiger partial charge in [-0.05, 0) is 13.0 Å². The molecule has 19 heavy (non-hydrogen) atoms. The molecular weight excluding hydrogens is 247 g/mol. The first-order valence-electron chi connectivity index (χ1n) is 6.53. The van der Waals surface area contributed by atoms with Crippen LogP contribution in [0, 0.1) is 5.82 Å². The topological polar surface area (TPSA) is 33.7 Å². The van der Waals surface area contributed by atoms with E-state index in [-0.39, 0.29) is 11.9 Å². The predicted molar refractivity (Wildman–Crippen MR) is 72.4 cm³/mol. The highest BCUT2D eigenvalue weighted by atomic mass is 19.1. The number of halogens is 1. The standard InChI is InChI=1S/C14H21FN2O2/c1-10(17-6-4-16-5-7-17)11-8-13(18-2)14(19-3)9-12(11)15/h8-10,16H,4-7H2,1-3H3/t10-/m1/s1. The highest BCUT2D eigenvalue weighted by Crippen LogP contribution is 2.34. The van der Waals surface area contributed by atoms with Crippen LogP contribution in [0.15, 0.2) is 12.1 Å². The van der Waals surface area contributed by atoms with Gasteiger partial charge in [0.15, 0.2) is 11.5 Å². The first-order chi connectivity index (χ1) is 9.17. The van der Waals surface area contributed by atoms with Crippen LogP contribution in [0.4, 0.5) is 4.39 Å². The maximum atomic E-state index is 14.2. The monoisotopic (exact) mass is 268 g/mol. The molecule has 2 rings (SSSR count). The molecule has 1 fully saturated rings. The molecule has 1 N–H and O–H groups in total. The summed E-state index contributed by atoms with van der Waals surface area (Å²) in [6.07, 6.45) is 0. The van der Waals surface area contributed by atoms with Gasteiger partial charge in [0.1, 0.15) is 5.82 Å². The van der Waals surface area contributed by atoms with Gasteiger partial charge >= 0.3 is 0 Å². The number of hydrogen-bond acceptors (Lipinski definition) is 4. The first-order valence-corrected chi connectivity index (χ1v) is 6.53. The number of benzene rings is 1. The number of piperazine rings is 1. The Labute approximate surface area is 113 Å². The molecule has 0 unspecified atom stereocenters. The average molecular weight is 268 g/mol. The fourth-order valence-electron chi connectivity index (χ4n) is 2.46. The van der Waals surface area contributed by atoms with Crippen molar-refractivity contribution in [3.05, 3.63) is 23.5 Å². The summed E-state index contributed by atoms with van der Waals surface area (Å²) < 4.78 is 24.5. The van der Waals surface area contributed by atoms with E-state index in [1.165, 1.54) is 13.2 Å². The summed E-state index contributed by atoms with van der Waals surface area (Å²) in [5.74, 6) is 0.751. The summed E-state index contributed by atoms with van der Waals surface area (Å²) >= 11 is 0. The van der Waals surface area contributed by atoms with Crippen molar-refractivity contribution >= 4 is 0 Å². The third-order valence-corrected chi connectivity index (χ3v) is 3.65. The summed E-state index contributed by atoms with van der Waals surface area (Å²) in [5.41, 5.74) is 0.652. The Kier molecular flexibility index (Phi) is 4.61. The molecule has 1 heterocycles. The zero-order valence-electron chi connectivity index (χ0n) is 11.7. The number of ether oxygens (including phenoxy) is 2. The number of nitrogens with one attached hydrogen (secondary N) is 1. The lowest BCUT2D eigenvalue weighted by atomic mass is 10.0. The van der Waals surface area contributed by atoms with Crippen LogP contribution in [-0.2, 0) is 0 Å². The summed E-state index contributed by atoms with van der Waals surface area (Å²) in [5, 5.41) is 3.30. The second-order valence-corrected chi connectivity index (χ2v) is 4.69. The Hall–Kier alpha value is -1.33. The van der Waals surface area contributed by atoms with Gasteiger partial charge in [0.2, 0.25) is 0 Å². The van der Waals surface area contributed by atoms with Gasteiger partial charge in [0.25, 0.3) is 0 Å². The van der Waals surface area contributed by atoms with Crippen molar-refractivity contribution in [3.63, 3.8) is 0 Å². The van der Waals surface area contributed by atoms with Crippen molar-refractivity contribution in [1.29, 1.82) is 0 Å². The molecule has 1 aromatic rings. The van der Waals surface area contributed by atoms with E-state index < -0.39 is 0 Å². The molecule has 106 valence electrons. The summed E-state index contributed by atoms with van der Waals surface area (Å²) in [6, 6.07) is 3.16. The van der Waals surface area contributed by atoms with E-state index in [1.54, 1.807) is 13.2 Å². The molecule has 1 saturated heterocycles. The zero-order chi connectivity index (χ0) is 13.8. The number of hydrogen-bond donors (Lipinski definition) is 1. The Bertz CT molecular complexity index is 434. The van der Waals surface area contributed by atoms with E-state index in [4.69, 9.17) is 9.47 Å². The van der Waals surface area contributed by atoms with E-state index >= 15 is 0 Å². The Morgan fingerprint density at radius 3 is 2.32 bits per heavy atom. The van der Waals surface area contributed by atoms with E-state index in [9.17, 15) is 4.39 Å². The van der Waals surface area contributed by atoms with E-state index in [0.717, 1.165) is 26.2 Å². The van der Waals surface area contributed by atoms with Crippen molar-refractivity contribution in [3.8, 4) is 11.5 Å². The first kappa shape index (κ1) is 14.1. The molecule has 0 saturated carbocycles. The van der Waals surface area contributed by atoms with Gasteiger partial charge < -0.3 is 14.8 Å². The lowest BCUT2D eigenvalue weighted by Gasteiger charge is -2.33. The summed E-state index contributed by atoms with van der Waals surface area (Å²) in [4.78, 5) is 2.26. The number of methoxy groups -OCH3 is 2. The predicted octanol–water partition coefficient (Wildman–Crippen LogP) is 1.81. The minimum atomic E-state index is -0.247. The minimum Gasteiger partial charge on any atom is -0.493 e. The lowest BCUT2D eigenvalue weighted by Crippen LogP contribution is -2.44. The second kappa shape index (κ2) is 6.21. The van der Waals surface area contributed by atoms with Gasteiger partial charge in [-0.2, -0.15) is 0 Å². The molecule has 1 aliphatic heterocycles. The van der Waals surface area contributed by atoms with Crippen LogP contribution < -0.4 is 14.8 Å². The fraction of sp³-hybridized carbons (Fsp3) is 0.571. The minimum absolute atomic E-state index is 0.0295. The fourth-order valence-corrected chi connectivity index (χ4v) is 2.46. The third kappa shape index (κ3) is 2.98. The average Bonchev–Trinajstić information content (AvgIpc) is 2.47. The smallest absolute Gasteiger partial charge is 0.163 e. The van der Waals surface area contributed by atoms with Crippen LogP contribution in [0.2, 0.25) is 0 Å². The van der Waals surface area contributed by atoms with Crippen LogP contribution in [0.1, 0.15) is 18.5 Å². The molecule has 0 amide bonds. The molecule has 5 heteroatoms. The molecule has 1 aliphatic rings. The van der Waals surface area contributed by atoms with Crippen LogP contribution in [-0.4, -0.2) is 45.3 Å². The maximum Gasteiger partial charge on any atom is 0.163 e. The second-order valence-electron chi connectivity index (χ2n) is 4.69. The van der Waals surface area contributed by atoms with Crippen molar-refractivity contribution in [1.82, 2.24) is 10.2 Å². The highest BCUT2D eigenvalue weighted by molar-refractivity contribution is 5.44. The maximum absolute atomic E-state index is 14.2. The van der Waals surface area contributed by atoms with Crippen molar-refractivity contribution in [2.24, 2.45) is 0 Å². The molecule has 0 bridgehead atoms. The van der Waals surface area contributed by atoms with Crippen molar-refractivity contribution in [2.45, 2.75) is 13.0 Å². The molecule has 0 aliphatic carbocycles. The highest BCUT2D eigenvalue weighted by Gasteiger charge is 2.22. The van der Waals surface area contributed by atoms with E-state index in [0.29, 0.717) is 17.1 Å². The quantitative estimate of drug-likeness (QED) is 0.903. The van der Waals surface area contributed by atoms with E-state index in [1.807, 2.05) is 6.92 Å². The number of rotatable bonds is 4. The SMILES string of the molecule is COc1cc(F)c([C@@H](C)N2CCNCC2)cc1OC. The van der Waals surface area contributed by atoms with Crippen molar-refractivity contribution < 1.29 is 13.9 Å². The summed E-state index contributed by atoms with van der Waals surface area (Å²) in [6.45, 7) is 5.76. The third-order valence-electron chi connectivity index (χ3n) is 3.65.